The van der Waals surface area contributed by atoms with Gasteiger partial charge in [-0.1, -0.05) is 11.6 Å². The normalized spacial score (nSPS) is 14.0. The van der Waals surface area contributed by atoms with E-state index in [-0.39, 0.29) is 17.2 Å². The molecule has 1 saturated heterocycles. The summed E-state index contributed by atoms with van der Waals surface area (Å²) in [6.07, 6.45) is 1.53. The van der Waals surface area contributed by atoms with Crippen molar-refractivity contribution in [1.82, 2.24) is 4.90 Å². The van der Waals surface area contributed by atoms with Crippen LogP contribution in [0.2, 0.25) is 5.02 Å². The molecule has 3 aromatic carbocycles. The van der Waals surface area contributed by atoms with Crippen LogP contribution in [0, 0.1) is 10.1 Å². The van der Waals surface area contributed by atoms with Gasteiger partial charge < -0.3 is 14.8 Å². The molecule has 0 aliphatic carbocycles. The van der Waals surface area contributed by atoms with Crippen LogP contribution in [0.4, 0.5) is 16.2 Å². The van der Waals surface area contributed by atoms with Crippen molar-refractivity contribution in [1.29, 1.82) is 0 Å². The predicted molar refractivity (Wildman–Crippen MR) is 163 cm³/mol. The van der Waals surface area contributed by atoms with Gasteiger partial charge in [-0.05, 0) is 110 Å². The van der Waals surface area contributed by atoms with Gasteiger partial charge in [0.1, 0.15) is 13.2 Å². The quantitative estimate of drug-likeness (QED) is 0.130. The Bertz CT molecular complexity index is 1570. The van der Waals surface area contributed by atoms with E-state index in [2.05, 4.69) is 37.2 Å². The van der Waals surface area contributed by atoms with Crippen LogP contribution in [0.5, 0.6) is 11.5 Å². The number of halogens is 3. The SMILES string of the molecule is CCOc1cc(/C=C2/SC(=O)N(CC(=O)Nc3ccc(Br)c(Cl)c3)C2=O)cc(Br)c1OCc1ccc([N+](=O)[O-])cc1. The Morgan fingerprint density at radius 1 is 1.10 bits per heavy atom. The molecule has 10 nitrogen and oxygen atoms in total. The Balaban J connectivity index is 1.47. The second-order valence-electron chi connectivity index (χ2n) is 8.42. The first-order chi connectivity index (χ1) is 19.5. The van der Waals surface area contributed by atoms with E-state index in [1.165, 1.54) is 18.2 Å². The Kier molecular flexibility index (Phi) is 10.1. The maximum absolute atomic E-state index is 13.0. The number of nitrogens with zero attached hydrogens (tertiary/aromatic N) is 2. The number of amides is 3. The zero-order valence-corrected chi connectivity index (χ0v) is 25.9. The topological polar surface area (TPSA) is 128 Å². The average molecular weight is 726 g/mol. The van der Waals surface area contributed by atoms with Crippen molar-refractivity contribution < 1.29 is 28.8 Å². The van der Waals surface area contributed by atoms with Crippen molar-refractivity contribution >= 4 is 89.7 Å². The molecule has 3 amide bonds. The molecule has 1 aliphatic heterocycles. The number of hydrogen-bond acceptors (Lipinski definition) is 8. The summed E-state index contributed by atoms with van der Waals surface area (Å²) in [6, 6.07) is 14.2. The van der Waals surface area contributed by atoms with E-state index in [9.17, 15) is 24.5 Å². The smallest absolute Gasteiger partial charge is 0.294 e. The zero-order valence-electron chi connectivity index (χ0n) is 21.2. The number of anilines is 1. The summed E-state index contributed by atoms with van der Waals surface area (Å²) in [5, 5.41) is 13.3. The highest BCUT2D eigenvalue weighted by molar-refractivity contribution is 9.10. The van der Waals surface area contributed by atoms with Gasteiger partial charge in [-0.3, -0.25) is 29.4 Å². The first-order valence-electron chi connectivity index (χ1n) is 11.9. The number of rotatable bonds is 10. The molecule has 0 saturated carbocycles. The van der Waals surface area contributed by atoms with E-state index < -0.39 is 28.5 Å². The standard InChI is InChI=1S/C27H20Br2ClN3O7S/c1-2-39-22-10-16(9-20(29)25(22)40-14-15-3-6-18(7-4-15)33(37)38)11-23-26(35)32(27(36)41-23)13-24(34)31-17-5-8-19(28)21(30)12-17/h3-12H,2,13-14H2,1H3,(H,31,34)/b23-11+. The minimum atomic E-state index is -0.600. The van der Waals surface area contributed by atoms with Crippen LogP contribution >= 0.6 is 55.2 Å². The lowest BCUT2D eigenvalue weighted by atomic mass is 10.1. The molecule has 0 atom stereocenters. The van der Waals surface area contributed by atoms with Crippen LogP contribution in [0.15, 0.2) is 68.4 Å². The van der Waals surface area contributed by atoms with Crippen LogP contribution < -0.4 is 14.8 Å². The summed E-state index contributed by atoms with van der Waals surface area (Å²) >= 11 is 13.5. The summed E-state index contributed by atoms with van der Waals surface area (Å²) in [6.45, 7) is 1.81. The van der Waals surface area contributed by atoms with Gasteiger partial charge in [0.25, 0.3) is 16.8 Å². The molecule has 41 heavy (non-hydrogen) atoms. The molecule has 212 valence electrons. The highest BCUT2D eigenvalue weighted by atomic mass is 79.9. The van der Waals surface area contributed by atoms with E-state index >= 15 is 0 Å². The van der Waals surface area contributed by atoms with Crippen molar-refractivity contribution in [2.45, 2.75) is 13.5 Å². The lowest BCUT2D eigenvalue weighted by Crippen LogP contribution is -2.36. The molecule has 3 aromatic rings. The van der Waals surface area contributed by atoms with Crippen LogP contribution in [-0.2, 0) is 16.2 Å². The summed E-state index contributed by atoms with van der Waals surface area (Å²) < 4.78 is 12.9. The minimum Gasteiger partial charge on any atom is -0.490 e. The third-order valence-electron chi connectivity index (χ3n) is 5.54. The minimum absolute atomic E-state index is 0.0196. The summed E-state index contributed by atoms with van der Waals surface area (Å²) in [7, 11) is 0. The van der Waals surface area contributed by atoms with Crippen molar-refractivity contribution in [3.8, 4) is 11.5 Å². The molecular formula is C27H20Br2ClN3O7S. The molecule has 0 radical (unpaired) electrons. The maximum atomic E-state index is 13.0. The summed E-state index contributed by atoms with van der Waals surface area (Å²) in [4.78, 5) is 49.5. The van der Waals surface area contributed by atoms with E-state index in [0.29, 0.717) is 43.3 Å². The third kappa shape index (κ3) is 7.67. The van der Waals surface area contributed by atoms with Crippen LogP contribution in [0.25, 0.3) is 6.08 Å². The number of benzene rings is 3. The fourth-order valence-electron chi connectivity index (χ4n) is 3.65. The highest BCUT2D eigenvalue weighted by Crippen LogP contribution is 2.40. The van der Waals surface area contributed by atoms with E-state index in [1.54, 1.807) is 49.4 Å². The van der Waals surface area contributed by atoms with Crippen molar-refractivity contribution in [3.63, 3.8) is 0 Å². The largest absolute Gasteiger partial charge is 0.490 e. The van der Waals surface area contributed by atoms with Gasteiger partial charge in [0.2, 0.25) is 5.91 Å². The second-order valence-corrected chi connectivity index (χ2v) is 11.5. The Hall–Kier alpha value is -3.39. The molecule has 4 rings (SSSR count). The zero-order chi connectivity index (χ0) is 29.7. The summed E-state index contributed by atoms with van der Waals surface area (Å²) in [5.41, 5.74) is 1.68. The van der Waals surface area contributed by atoms with Crippen LogP contribution in [0.3, 0.4) is 0 Å². The van der Waals surface area contributed by atoms with Crippen molar-refractivity contribution in [3.05, 3.63) is 94.7 Å². The van der Waals surface area contributed by atoms with Gasteiger partial charge in [-0.25, -0.2) is 0 Å². The Morgan fingerprint density at radius 3 is 2.49 bits per heavy atom. The third-order valence-corrected chi connectivity index (χ3v) is 8.27. The van der Waals surface area contributed by atoms with Crippen LogP contribution in [0.1, 0.15) is 18.1 Å². The molecule has 0 bridgehead atoms. The van der Waals surface area contributed by atoms with E-state index in [1.807, 2.05) is 0 Å². The highest BCUT2D eigenvalue weighted by Gasteiger charge is 2.36. The molecular weight excluding hydrogens is 706 g/mol. The fourth-order valence-corrected chi connectivity index (χ4v) is 5.49. The number of thioether (sulfide) groups is 1. The van der Waals surface area contributed by atoms with Crippen LogP contribution in [-0.4, -0.2) is 40.0 Å². The molecule has 14 heteroatoms. The molecule has 1 fully saturated rings. The molecule has 0 unspecified atom stereocenters. The monoisotopic (exact) mass is 723 g/mol. The van der Waals surface area contributed by atoms with Gasteiger partial charge in [-0.2, -0.15) is 0 Å². The Labute approximate surface area is 260 Å². The molecule has 0 aromatic heterocycles. The van der Waals surface area contributed by atoms with Gasteiger partial charge in [0.05, 0.1) is 25.9 Å². The first-order valence-corrected chi connectivity index (χ1v) is 14.7. The predicted octanol–water partition coefficient (Wildman–Crippen LogP) is 7.43. The van der Waals surface area contributed by atoms with Gasteiger partial charge in [-0.15, -0.1) is 0 Å². The molecule has 1 N–H and O–H groups in total. The van der Waals surface area contributed by atoms with Gasteiger partial charge in [0, 0.05) is 22.3 Å². The van der Waals surface area contributed by atoms with Gasteiger partial charge >= 0.3 is 0 Å². The molecule has 0 spiro atoms. The number of carbonyl (C=O) groups excluding carboxylic acids is 3. The number of non-ortho nitro benzene ring substituents is 1. The number of hydrogen-bond donors (Lipinski definition) is 1. The lowest BCUT2D eigenvalue weighted by molar-refractivity contribution is -0.384. The first kappa shape index (κ1) is 30.6. The van der Waals surface area contributed by atoms with E-state index in [4.69, 9.17) is 21.1 Å². The number of carbonyl (C=O) groups is 3. The number of nitro groups is 1. The number of ether oxygens (including phenoxy) is 2. The second kappa shape index (κ2) is 13.5. The molecule has 1 heterocycles. The number of nitro benzene ring substituents is 1. The summed E-state index contributed by atoms with van der Waals surface area (Å²) in [5.74, 6) is -0.360. The van der Waals surface area contributed by atoms with E-state index in [0.717, 1.165) is 22.2 Å². The lowest BCUT2D eigenvalue weighted by Gasteiger charge is -2.15. The fraction of sp³-hybridized carbons (Fsp3) is 0.148. The number of nitrogens with one attached hydrogen (secondary N) is 1. The maximum Gasteiger partial charge on any atom is 0.294 e. The van der Waals surface area contributed by atoms with Crippen molar-refractivity contribution in [2.75, 3.05) is 18.5 Å². The molecule has 1 aliphatic rings. The number of imide groups is 1. The van der Waals surface area contributed by atoms with Gasteiger partial charge in [0.15, 0.2) is 11.5 Å². The average Bonchev–Trinajstić information content (AvgIpc) is 3.17. The Morgan fingerprint density at radius 2 is 1.83 bits per heavy atom. The van der Waals surface area contributed by atoms with Crippen molar-refractivity contribution in [2.24, 2.45) is 0 Å².